The van der Waals surface area contributed by atoms with E-state index in [1.165, 1.54) is 17.8 Å². The average molecular weight is 296 g/mol. The third-order valence-electron chi connectivity index (χ3n) is 3.47. The molecule has 0 aromatic heterocycles. The SMILES string of the molecule is C[C@@H]1NC(=S)N([C@@H]2CCSc3c(F)cccc32)C1=O. The standard InChI is InChI=1S/C13H13FN2OS2/c1-7-12(17)16(13(18)15-7)10-5-6-19-11-8(10)3-2-4-9(11)14/h2-4,7,10H,5-6H2,1H3,(H,15,18)/t7-,10+/m0/s1. The van der Waals surface area contributed by atoms with Crippen LogP contribution in [0.4, 0.5) is 4.39 Å². The number of benzene rings is 1. The van der Waals surface area contributed by atoms with E-state index < -0.39 is 0 Å². The van der Waals surface area contributed by atoms with E-state index in [0.717, 1.165) is 17.7 Å². The quantitative estimate of drug-likeness (QED) is 0.807. The maximum absolute atomic E-state index is 13.8. The molecule has 19 heavy (non-hydrogen) atoms. The Labute approximate surface area is 120 Å². The first-order valence-corrected chi connectivity index (χ1v) is 7.53. The van der Waals surface area contributed by atoms with Crippen molar-refractivity contribution in [3.8, 4) is 0 Å². The van der Waals surface area contributed by atoms with Crippen LogP contribution in [-0.2, 0) is 4.79 Å². The molecule has 1 N–H and O–H groups in total. The van der Waals surface area contributed by atoms with Gasteiger partial charge < -0.3 is 5.32 Å². The number of amides is 1. The first-order chi connectivity index (χ1) is 9.09. The predicted molar refractivity (Wildman–Crippen MR) is 76.5 cm³/mol. The van der Waals surface area contributed by atoms with Crippen LogP contribution >= 0.6 is 24.0 Å². The van der Waals surface area contributed by atoms with Crippen LogP contribution in [0.1, 0.15) is 24.9 Å². The van der Waals surface area contributed by atoms with Crippen molar-refractivity contribution in [3.05, 3.63) is 29.6 Å². The minimum absolute atomic E-state index is 0.0305. The first kappa shape index (κ1) is 12.9. The highest BCUT2D eigenvalue weighted by Gasteiger charge is 2.39. The average Bonchev–Trinajstić information content (AvgIpc) is 2.64. The fraction of sp³-hybridized carbons (Fsp3) is 0.385. The molecule has 1 saturated heterocycles. The molecule has 100 valence electrons. The van der Waals surface area contributed by atoms with Gasteiger partial charge in [0.25, 0.3) is 5.91 Å². The van der Waals surface area contributed by atoms with Crippen molar-refractivity contribution in [1.82, 2.24) is 10.2 Å². The highest BCUT2D eigenvalue weighted by atomic mass is 32.2. The molecule has 0 radical (unpaired) electrons. The third kappa shape index (κ3) is 2.03. The number of hydrogen-bond donors (Lipinski definition) is 1. The molecule has 3 rings (SSSR count). The van der Waals surface area contributed by atoms with Crippen molar-refractivity contribution in [2.75, 3.05) is 5.75 Å². The highest BCUT2D eigenvalue weighted by molar-refractivity contribution is 7.99. The Morgan fingerprint density at radius 3 is 3.00 bits per heavy atom. The van der Waals surface area contributed by atoms with Crippen molar-refractivity contribution < 1.29 is 9.18 Å². The predicted octanol–water partition coefficient (Wildman–Crippen LogP) is 2.47. The molecule has 0 unspecified atom stereocenters. The van der Waals surface area contributed by atoms with Crippen molar-refractivity contribution in [1.29, 1.82) is 0 Å². The Morgan fingerprint density at radius 2 is 2.32 bits per heavy atom. The van der Waals surface area contributed by atoms with Crippen LogP contribution in [0, 0.1) is 5.82 Å². The van der Waals surface area contributed by atoms with Gasteiger partial charge in [0.15, 0.2) is 5.11 Å². The van der Waals surface area contributed by atoms with Crippen molar-refractivity contribution >= 4 is 35.0 Å². The zero-order valence-electron chi connectivity index (χ0n) is 10.4. The Bertz CT molecular complexity index is 564. The summed E-state index contributed by atoms with van der Waals surface area (Å²) in [6.45, 7) is 1.79. The van der Waals surface area contributed by atoms with Crippen molar-refractivity contribution in [3.63, 3.8) is 0 Å². The molecule has 1 fully saturated rings. The lowest BCUT2D eigenvalue weighted by Gasteiger charge is -2.32. The van der Waals surface area contributed by atoms with Crippen molar-refractivity contribution in [2.24, 2.45) is 0 Å². The zero-order valence-corrected chi connectivity index (χ0v) is 12.0. The van der Waals surface area contributed by atoms with Crippen LogP contribution in [0.25, 0.3) is 0 Å². The van der Waals surface area contributed by atoms with Crippen LogP contribution in [0.3, 0.4) is 0 Å². The number of thiocarbonyl (C=S) groups is 1. The van der Waals surface area contributed by atoms with Gasteiger partial charge in [-0.25, -0.2) is 4.39 Å². The van der Waals surface area contributed by atoms with Crippen LogP contribution in [-0.4, -0.2) is 27.7 Å². The van der Waals surface area contributed by atoms with Crippen LogP contribution in [0.15, 0.2) is 23.1 Å². The Balaban J connectivity index is 2.03. The van der Waals surface area contributed by atoms with E-state index in [2.05, 4.69) is 5.32 Å². The van der Waals surface area contributed by atoms with Gasteiger partial charge >= 0.3 is 0 Å². The molecule has 0 bridgehead atoms. The Morgan fingerprint density at radius 1 is 1.53 bits per heavy atom. The molecule has 1 aromatic rings. The second-order valence-corrected chi connectivity index (χ2v) is 6.18. The summed E-state index contributed by atoms with van der Waals surface area (Å²) in [7, 11) is 0. The molecule has 3 nitrogen and oxygen atoms in total. The highest BCUT2D eigenvalue weighted by Crippen LogP contribution is 2.41. The van der Waals surface area contributed by atoms with Gasteiger partial charge in [-0.05, 0) is 37.2 Å². The van der Waals surface area contributed by atoms with Crippen LogP contribution in [0.2, 0.25) is 0 Å². The second kappa shape index (κ2) is 4.76. The van der Waals surface area contributed by atoms with Gasteiger partial charge in [-0.3, -0.25) is 9.69 Å². The largest absolute Gasteiger partial charge is 0.351 e. The van der Waals surface area contributed by atoms with E-state index in [-0.39, 0.29) is 23.8 Å². The van der Waals surface area contributed by atoms with Gasteiger partial charge in [-0.15, -0.1) is 11.8 Å². The van der Waals surface area contributed by atoms with Gasteiger partial charge in [0.2, 0.25) is 0 Å². The van der Waals surface area contributed by atoms with E-state index in [4.69, 9.17) is 12.2 Å². The lowest BCUT2D eigenvalue weighted by atomic mass is 10.0. The molecular weight excluding hydrogens is 283 g/mol. The Kier molecular flexibility index (Phi) is 3.22. The smallest absolute Gasteiger partial charge is 0.251 e. The van der Waals surface area contributed by atoms with E-state index in [0.29, 0.717) is 10.0 Å². The number of halogens is 1. The molecule has 2 atom stereocenters. The number of carbonyl (C=O) groups excluding carboxylic acids is 1. The number of nitrogens with one attached hydrogen (secondary N) is 1. The monoisotopic (exact) mass is 296 g/mol. The third-order valence-corrected chi connectivity index (χ3v) is 4.95. The summed E-state index contributed by atoms with van der Waals surface area (Å²) in [5.41, 5.74) is 0.864. The molecular formula is C13H13FN2OS2. The maximum Gasteiger partial charge on any atom is 0.251 e. The summed E-state index contributed by atoms with van der Waals surface area (Å²) in [5, 5.41) is 3.42. The summed E-state index contributed by atoms with van der Waals surface area (Å²) in [5.74, 6) is 0.544. The van der Waals surface area contributed by atoms with E-state index in [1.54, 1.807) is 17.9 Å². The van der Waals surface area contributed by atoms with E-state index in [1.807, 2.05) is 6.07 Å². The maximum atomic E-state index is 13.8. The number of hydrogen-bond acceptors (Lipinski definition) is 3. The fourth-order valence-corrected chi connectivity index (χ4v) is 4.07. The lowest BCUT2D eigenvalue weighted by molar-refractivity contribution is -0.128. The van der Waals surface area contributed by atoms with E-state index >= 15 is 0 Å². The molecule has 1 aromatic carbocycles. The summed E-state index contributed by atoms with van der Waals surface area (Å²) in [6.07, 6.45) is 0.793. The minimum atomic E-state index is -0.293. The molecule has 6 heteroatoms. The molecule has 2 heterocycles. The molecule has 2 aliphatic heterocycles. The minimum Gasteiger partial charge on any atom is -0.351 e. The van der Waals surface area contributed by atoms with Crippen LogP contribution < -0.4 is 5.32 Å². The fourth-order valence-electron chi connectivity index (χ4n) is 2.56. The second-order valence-electron chi connectivity index (χ2n) is 4.69. The topological polar surface area (TPSA) is 32.3 Å². The van der Waals surface area contributed by atoms with Gasteiger partial charge in [0, 0.05) is 10.6 Å². The zero-order chi connectivity index (χ0) is 13.6. The van der Waals surface area contributed by atoms with Gasteiger partial charge in [0.1, 0.15) is 11.9 Å². The van der Waals surface area contributed by atoms with Gasteiger partial charge in [0.05, 0.1) is 6.04 Å². The normalized spacial score (nSPS) is 26.3. The summed E-state index contributed by atoms with van der Waals surface area (Å²) < 4.78 is 13.8. The Hall–Kier alpha value is -1.14. The lowest BCUT2D eigenvalue weighted by Crippen LogP contribution is -2.36. The van der Waals surface area contributed by atoms with Gasteiger partial charge in [-0.2, -0.15) is 0 Å². The summed E-state index contributed by atoms with van der Waals surface area (Å²) in [6, 6.07) is 4.59. The summed E-state index contributed by atoms with van der Waals surface area (Å²) >= 11 is 6.74. The molecule has 1 amide bonds. The molecule has 0 aliphatic carbocycles. The number of fused-ring (bicyclic) bond motifs is 1. The van der Waals surface area contributed by atoms with Crippen molar-refractivity contribution in [2.45, 2.75) is 30.3 Å². The molecule has 0 spiro atoms. The van der Waals surface area contributed by atoms with Crippen LogP contribution in [0.5, 0.6) is 0 Å². The molecule has 2 aliphatic rings. The first-order valence-electron chi connectivity index (χ1n) is 6.14. The van der Waals surface area contributed by atoms with Gasteiger partial charge in [-0.1, -0.05) is 12.1 Å². The number of carbonyl (C=O) groups is 1. The summed E-state index contributed by atoms with van der Waals surface area (Å²) in [4.78, 5) is 14.4. The number of rotatable bonds is 1. The number of thioether (sulfide) groups is 1. The van der Waals surface area contributed by atoms with E-state index in [9.17, 15) is 9.18 Å². The number of nitrogens with zero attached hydrogens (tertiary/aromatic N) is 1. The molecule has 0 saturated carbocycles.